The number of morpholine rings is 1. The van der Waals surface area contributed by atoms with E-state index in [4.69, 9.17) is 14.1 Å². The first-order valence-electron chi connectivity index (χ1n) is 10.7. The first-order chi connectivity index (χ1) is 15.0. The van der Waals surface area contributed by atoms with Crippen LogP contribution in [0.2, 0.25) is 0 Å². The zero-order valence-corrected chi connectivity index (χ0v) is 17.8. The van der Waals surface area contributed by atoms with Crippen LogP contribution in [0, 0.1) is 6.92 Å². The molecule has 8 nitrogen and oxygen atoms in total. The van der Waals surface area contributed by atoms with E-state index >= 15 is 0 Å². The Morgan fingerprint density at radius 1 is 1.13 bits per heavy atom. The van der Waals surface area contributed by atoms with Crippen LogP contribution in [-0.4, -0.2) is 64.0 Å². The lowest BCUT2D eigenvalue weighted by Crippen LogP contribution is -2.41. The summed E-state index contributed by atoms with van der Waals surface area (Å²) in [5, 5.41) is 0.959. The fourth-order valence-electron chi connectivity index (χ4n) is 4.50. The summed E-state index contributed by atoms with van der Waals surface area (Å²) in [5.41, 5.74) is 2.32. The number of fused-ring (bicyclic) bond motifs is 2. The number of carbonyl (C=O) groups excluding carboxylic acids is 2. The second-order valence-corrected chi connectivity index (χ2v) is 8.18. The van der Waals surface area contributed by atoms with Gasteiger partial charge >= 0.3 is 0 Å². The molecule has 0 aliphatic carbocycles. The number of imidazole rings is 1. The molecule has 0 N–H and O–H groups in total. The molecule has 2 aliphatic heterocycles. The Bertz CT molecular complexity index is 1140. The average Bonchev–Trinajstić information content (AvgIpc) is 3.36. The average molecular weight is 422 g/mol. The monoisotopic (exact) mass is 422 g/mol. The first kappa shape index (κ1) is 19.8. The molecule has 2 amide bonds. The van der Waals surface area contributed by atoms with Gasteiger partial charge in [-0.15, -0.1) is 0 Å². The van der Waals surface area contributed by atoms with E-state index < -0.39 is 0 Å². The summed E-state index contributed by atoms with van der Waals surface area (Å²) >= 11 is 0. The summed E-state index contributed by atoms with van der Waals surface area (Å²) in [6.45, 7) is 7.52. The van der Waals surface area contributed by atoms with E-state index in [1.165, 1.54) is 0 Å². The molecular formula is C23H26N4O4. The van der Waals surface area contributed by atoms with Crippen LogP contribution >= 0.6 is 0 Å². The number of carbonyl (C=O) groups is 2. The molecule has 1 unspecified atom stereocenters. The van der Waals surface area contributed by atoms with Crippen LogP contribution < -0.4 is 0 Å². The standard InChI is InChI=1S/C23H26N4O4/c1-15-18-5-3-4-6-19(18)31-21(15)23(29)27-8-7-26-14-17(24-22(26)16(27)2)13-20(28)25-9-11-30-12-10-25/h3-6,14,16H,7-13H2,1-2H3. The minimum absolute atomic E-state index is 0.0669. The molecule has 2 aromatic heterocycles. The van der Waals surface area contributed by atoms with Crippen molar-refractivity contribution in [3.8, 4) is 0 Å². The Morgan fingerprint density at radius 3 is 2.68 bits per heavy atom. The highest BCUT2D eigenvalue weighted by molar-refractivity contribution is 5.99. The molecule has 0 saturated carbocycles. The number of nitrogens with zero attached hydrogens (tertiary/aromatic N) is 4. The number of aromatic nitrogens is 2. The van der Waals surface area contributed by atoms with Gasteiger partial charge < -0.3 is 23.5 Å². The van der Waals surface area contributed by atoms with Crippen molar-refractivity contribution < 1.29 is 18.7 Å². The van der Waals surface area contributed by atoms with E-state index in [0.717, 1.165) is 28.1 Å². The largest absolute Gasteiger partial charge is 0.451 e. The zero-order chi connectivity index (χ0) is 21.5. The topological polar surface area (TPSA) is 80.8 Å². The molecule has 8 heteroatoms. The minimum atomic E-state index is -0.207. The summed E-state index contributed by atoms with van der Waals surface area (Å²) in [7, 11) is 0. The van der Waals surface area contributed by atoms with Crippen molar-refractivity contribution in [2.45, 2.75) is 32.9 Å². The molecule has 4 heterocycles. The van der Waals surface area contributed by atoms with Gasteiger partial charge in [0.15, 0.2) is 5.76 Å². The summed E-state index contributed by atoms with van der Waals surface area (Å²) in [6.07, 6.45) is 2.21. The van der Waals surface area contributed by atoms with Crippen molar-refractivity contribution >= 4 is 22.8 Å². The molecule has 2 aliphatic rings. The molecule has 31 heavy (non-hydrogen) atoms. The van der Waals surface area contributed by atoms with Crippen molar-refractivity contribution in [2.24, 2.45) is 0 Å². The third-order valence-electron chi connectivity index (χ3n) is 6.28. The highest BCUT2D eigenvalue weighted by Gasteiger charge is 2.33. The maximum atomic E-state index is 13.3. The van der Waals surface area contributed by atoms with Crippen LogP contribution in [0.3, 0.4) is 0 Å². The Balaban J connectivity index is 1.35. The fraction of sp³-hybridized carbons (Fsp3) is 0.435. The first-order valence-corrected chi connectivity index (χ1v) is 10.7. The quantitative estimate of drug-likeness (QED) is 0.648. The molecule has 0 bridgehead atoms. The van der Waals surface area contributed by atoms with Gasteiger partial charge in [0.25, 0.3) is 5.91 Å². The normalized spacial score (nSPS) is 19.0. The number of amides is 2. The number of aryl methyl sites for hydroxylation is 1. The highest BCUT2D eigenvalue weighted by Crippen LogP contribution is 2.31. The van der Waals surface area contributed by atoms with Crippen LogP contribution in [0.4, 0.5) is 0 Å². The molecule has 1 fully saturated rings. The molecular weight excluding hydrogens is 396 g/mol. The van der Waals surface area contributed by atoms with Crippen LogP contribution in [0.5, 0.6) is 0 Å². The Morgan fingerprint density at radius 2 is 1.90 bits per heavy atom. The van der Waals surface area contributed by atoms with Crippen LogP contribution in [0.1, 0.15) is 40.6 Å². The minimum Gasteiger partial charge on any atom is -0.451 e. The lowest BCUT2D eigenvalue weighted by Gasteiger charge is -2.33. The fourth-order valence-corrected chi connectivity index (χ4v) is 4.50. The number of furan rings is 1. The summed E-state index contributed by atoms with van der Waals surface area (Å²) in [6, 6.07) is 7.48. The lowest BCUT2D eigenvalue weighted by atomic mass is 10.1. The molecule has 1 saturated heterocycles. The molecule has 162 valence electrons. The SMILES string of the molecule is Cc1c(C(=O)N2CCn3cc(CC(=O)N4CCOCC4)nc3C2C)oc2ccccc12. The van der Waals surface area contributed by atoms with Gasteiger partial charge in [0.1, 0.15) is 11.4 Å². The van der Waals surface area contributed by atoms with Crippen molar-refractivity contribution in [2.75, 3.05) is 32.8 Å². The van der Waals surface area contributed by atoms with Crippen LogP contribution in [0.15, 0.2) is 34.9 Å². The molecule has 0 radical (unpaired) electrons. The van der Waals surface area contributed by atoms with Crippen LogP contribution in [0.25, 0.3) is 11.0 Å². The van der Waals surface area contributed by atoms with E-state index in [1.807, 2.05) is 49.2 Å². The maximum absolute atomic E-state index is 13.3. The third kappa shape index (κ3) is 3.50. The molecule has 1 atom stereocenters. The van der Waals surface area contributed by atoms with Gasteiger partial charge in [-0.2, -0.15) is 0 Å². The van der Waals surface area contributed by atoms with Crippen LogP contribution in [-0.2, 0) is 22.5 Å². The van der Waals surface area contributed by atoms with Gasteiger partial charge in [-0.1, -0.05) is 18.2 Å². The number of hydrogen-bond donors (Lipinski definition) is 0. The summed E-state index contributed by atoms with van der Waals surface area (Å²) in [5.74, 6) is 1.13. The van der Waals surface area contributed by atoms with Crippen molar-refractivity contribution in [3.05, 3.63) is 53.3 Å². The van der Waals surface area contributed by atoms with E-state index in [0.29, 0.717) is 45.2 Å². The van der Waals surface area contributed by atoms with E-state index in [-0.39, 0.29) is 24.3 Å². The lowest BCUT2D eigenvalue weighted by molar-refractivity contribution is -0.134. The maximum Gasteiger partial charge on any atom is 0.290 e. The number of hydrogen-bond acceptors (Lipinski definition) is 5. The van der Waals surface area contributed by atoms with E-state index in [2.05, 4.69) is 4.57 Å². The second-order valence-electron chi connectivity index (χ2n) is 8.18. The van der Waals surface area contributed by atoms with Gasteiger partial charge in [0.2, 0.25) is 5.91 Å². The van der Waals surface area contributed by atoms with Crippen molar-refractivity contribution in [1.29, 1.82) is 0 Å². The van der Waals surface area contributed by atoms with E-state index in [1.54, 1.807) is 4.90 Å². The third-order valence-corrected chi connectivity index (χ3v) is 6.28. The van der Waals surface area contributed by atoms with Gasteiger partial charge in [0.05, 0.1) is 31.4 Å². The van der Waals surface area contributed by atoms with Gasteiger partial charge in [-0.25, -0.2) is 4.98 Å². The summed E-state index contributed by atoms with van der Waals surface area (Å²) < 4.78 is 13.3. The Labute approximate surface area is 180 Å². The molecule has 1 aromatic carbocycles. The summed E-state index contributed by atoms with van der Waals surface area (Å²) in [4.78, 5) is 34.3. The van der Waals surface area contributed by atoms with Crippen molar-refractivity contribution in [1.82, 2.24) is 19.4 Å². The predicted molar refractivity (Wildman–Crippen MR) is 114 cm³/mol. The predicted octanol–water partition coefficient (Wildman–Crippen LogP) is 2.56. The second kappa shape index (κ2) is 7.85. The zero-order valence-electron chi connectivity index (χ0n) is 17.8. The highest BCUT2D eigenvalue weighted by atomic mass is 16.5. The smallest absolute Gasteiger partial charge is 0.290 e. The number of para-hydroxylation sites is 1. The van der Waals surface area contributed by atoms with Crippen molar-refractivity contribution in [3.63, 3.8) is 0 Å². The molecule has 5 rings (SSSR count). The van der Waals surface area contributed by atoms with Gasteiger partial charge in [-0.05, 0) is 19.9 Å². The van der Waals surface area contributed by atoms with E-state index in [9.17, 15) is 9.59 Å². The number of rotatable bonds is 3. The molecule has 0 spiro atoms. The van der Waals surface area contributed by atoms with Gasteiger partial charge in [0, 0.05) is 43.3 Å². The Kier molecular flexibility index (Phi) is 5.02. The Hall–Kier alpha value is -3.13. The molecule has 3 aromatic rings. The number of ether oxygens (including phenoxy) is 1. The number of benzene rings is 1. The van der Waals surface area contributed by atoms with Gasteiger partial charge in [-0.3, -0.25) is 9.59 Å².